The van der Waals surface area contributed by atoms with Crippen molar-refractivity contribution in [1.82, 2.24) is 19.6 Å². The minimum atomic E-state index is -0.188. The highest BCUT2D eigenvalue weighted by Gasteiger charge is 2.11. The van der Waals surface area contributed by atoms with Gasteiger partial charge < -0.3 is 5.32 Å². The Balaban J connectivity index is 1.69. The number of fused-ring (bicyclic) bond motifs is 1. The molecule has 0 aliphatic heterocycles. The van der Waals surface area contributed by atoms with E-state index in [1.807, 2.05) is 36.4 Å². The fourth-order valence-electron chi connectivity index (χ4n) is 2.15. The fourth-order valence-corrected chi connectivity index (χ4v) is 3.25. The van der Waals surface area contributed by atoms with E-state index in [2.05, 4.69) is 36.3 Å². The Morgan fingerprint density at radius 2 is 1.88 bits per heavy atom. The highest BCUT2D eigenvalue weighted by molar-refractivity contribution is 9.10. The quantitative estimate of drug-likeness (QED) is 0.572. The number of nitrogens with zero attached hydrogens (tertiary/aromatic N) is 4. The van der Waals surface area contributed by atoms with E-state index >= 15 is 0 Å². The van der Waals surface area contributed by atoms with Gasteiger partial charge in [0.1, 0.15) is 4.53 Å². The maximum absolute atomic E-state index is 12.4. The molecule has 4 aromatic rings. The molecule has 24 heavy (non-hydrogen) atoms. The van der Waals surface area contributed by atoms with Crippen LogP contribution in [0.2, 0.25) is 0 Å². The van der Waals surface area contributed by atoms with Gasteiger partial charge in [0.2, 0.25) is 4.96 Å². The summed E-state index contributed by atoms with van der Waals surface area (Å²) in [5.74, 6) is 0.521. The molecule has 0 unspecified atom stereocenters. The zero-order valence-corrected chi connectivity index (χ0v) is 14.6. The Labute approximate surface area is 148 Å². The Hall–Kier alpha value is -2.58. The van der Waals surface area contributed by atoms with Gasteiger partial charge in [0.15, 0.2) is 5.82 Å². The van der Waals surface area contributed by atoms with Gasteiger partial charge in [-0.15, -0.1) is 5.10 Å². The average molecular weight is 400 g/mol. The van der Waals surface area contributed by atoms with Crippen molar-refractivity contribution < 1.29 is 0 Å². The van der Waals surface area contributed by atoms with Gasteiger partial charge in [0.25, 0.3) is 5.56 Å². The van der Waals surface area contributed by atoms with Gasteiger partial charge in [0, 0.05) is 34.3 Å². The number of hydrogen-bond donors (Lipinski definition) is 1. The minimum absolute atomic E-state index is 0.188. The fraction of sp³-hybridized carbons (Fsp3) is 0. The molecule has 0 aliphatic rings. The smallest absolute Gasteiger partial charge is 0.292 e. The van der Waals surface area contributed by atoms with E-state index in [0.29, 0.717) is 15.3 Å². The number of anilines is 1. The molecule has 0 amide bonds. The largest absolute Gasteiger partial charge is 0.360 e. The summed E-state index contributed by atoms with van der Waals surface area (Å²) < 4.78 is 2.88. The molecule has 1 aromatic carbocycles. The molecule has 118 valence electrons. The summed E-state index contributed by atoms with van der Waals surface area (Å²) in [4.78, 5) is 21.4. The first-order valence-electron chi connectivity index (χ1n) is 7.03. The Morgan fingerprint density at radius 3 is 2.58 bits per heavy atom. The molecular weight excluding hydrogens is 390 g/mol. The van der Waals surface area contributed by atoms with Crippen molar-refractivity contribution in [2.24, 2.45) is 0 Å². The molecule has 0 fully saturated rings. The van der Waals surface area contributed by atoms with E-state index in [-0.39, 0.29) is 5.56 Å². The Morgan fingerprint density at radius 1 is 1.12 bits per heavy atom. The van der Waals surface area contributed by atoms with E-state index in [1.165, 1.54) is 15.9 Å². The van der Waals surface area contributed by atoms with Crippen LogP contribution >= 0.6 is 27.3 Å². The van der Waals surface area contributed by atoms with Gasteiger partial charge in [-0.1, -0.05) is 27.3 Å². The van der Waals surface area contributed by atoms with Crippen LogP contribution in [0.4, 0.5) is 5.69 Å². The average Bonchev–Trinajstić information content (AvgIpc) is 3.15. The molecular formula is C16H10BrN5OS. The summed E-state index contributed by atoms with van der Waals surface area (Å²) >= 11 is 4.68. The lowest BCUT2D eigenvalue weighted by Gasteiger charge is -1.98. The van der Waals surface area contributed by atoms with Crippen LogP contribution in [0.3, 0.4) is 0 Å². The van der Waals surface area contributed by atoms with Crippen molar-refractivity contribution in [2.75, 3.05) is 5.32 Å². The normalized spacial score (nSPS) is 12.0. The third kappa shape index (κ3) is 2.81. The third-order valence-corrected chi connectivity index (χ3v) is 4.82. The molecule has 0 saturated carbocycles. The van der Waals surface area contributed by atoms with Crippen molar-refractivity contribution in [3.05, 3.63) is 68.2 Å². The van der Waals surface area contributed by atoms with Crippen LogP contribution in [0.5, 0.6) is 0 Å². The van der Waals surface area contributed by atoms with Gasteiger partial charge >= 0.3 is 0 Å². The predicted octanol–water partition coefficient (Wildman–Crippen LogP) is 2.54. The van der Waals surface area contributed by atoms with Gasteiger partial charge in [0.05, 0.1) is 0 Å². The van der Waals surface area contributed by atoms with Crippen LogP contribution in [0.15, 0.2) is 58.1 Å². The van der Waals surface area contributed by atoms with Crippen LogP contribution in [0.25, 0.3) is 22.5 Å². The number of nitrogens with one attached hydrogen (secondary N) is 1. The number of halogens is 1. The molecule has 0 spiro atoms. The van der Waals surface area contributed by atoms with Crippen LogP contribution < -0.4 is 15.4 Å². The number of rotatable bonds is 3. The first-order valence-corrected chi connectivity index (χ1v) is 8.64. The number of aromatic nitrogens is 4. The molecule has 3 heterocycles. The highest BCUT2D eigenvalue weighted by atomic mass is 79.9. The number of thiazole rings is 1. The van der Waals surface area contributed by atoms with Crippen LogP contribution in [0, 0.1) is 0 Å². The second-order valence-corrected chi connectivity index (χ2v) is 6.86. The minimum Gasteiger partial charge on any atom is -0.360 e. The van der Waals surface area contributed by atoms with Crippen LogP contribution in [-0.2, 0) is 0 Å². The van der Waals surface area contributed by atoms with Crippen molar-refractivity contribution >= 4 is 44.1 Å². The van der Waals surface area contributed by atoms with Crippen LogP contribution in [-0.4, -0.2) is 19.6 Å². The number of benzene rings is 1. The SMILES string of the molecule is O=c1/c(=C/Nc2ccc(Br)cc2)sc2nc(-c3ccncc3)nn12. The standard InChI is InChI=1S/C16H10BrN5OS/c17-11-1-3-12(4-2-11)19-9-13-15(23)22-16(24-13)20-14(21-22)10-5-7-18-8-6-10/h1-9,19H/b13-9-. The summed E-state index contributed by atoms with van der Waals surface area (Å²) in [6, 6.07) is 11.3. The van der Waals surface area contributed by atoms with Crippen LogP contribution in [0.1, 0.15) is 0 Å². The van der Waals surface area contributed by atoms with Gasteiger partial charge in [-0.3, -0.25) is 9.78 Å². The molecule has 0 atom stereocenters. The van der Waals surface area contributed by atoms with Gasteiger partial charge in [-0.2, -0.15) is 9.50 Å². The van der Waals surface area contributed by atoms with E-state index in [1.54, 1.807) is 18.6 Å². The second-order valence-electron chi connectivity index (χ2n) is 4.93. The van der Waals surface area contributed by atoms with Crippen molar-refractivity contribution in [3.63, 3.8) is 0 Å². The monoisotopic (exact) mass is 399 g/mol. The zero-order chi connectivity index (χ0) is 16.5. The number of pyridine rings is 1. The molecule has 3 aromatic heterocycles. The number of hydrogen-bond acceptors (Lipinski definition) is 6. The molecule has 1 N–H and O–H groups in total. The Kier molecular flexibility index (Phi) is 3.83. The van der Waals surface area contributed by atoms with E-state index in [9.17, 15) is 4.79 Å². The highest BCUT2D eigenvalue weighted by Crippen LogP contribution is 2.15. The molecule has 0 radical (unpaired) electrons. The summed E-state index contributed by atoms with van der Waals surface area (Å²) in [7, 11) is 0. The lowest BCUT2D eigenvalue weighted by molar-refractivity contribution is 0.936. The second kappa shape index (κ2) is 6.14. The van der Waals surface area contributed by atoms with Crippen molar-refractivity contribution in [1.29, 1.82) is 0 Å². The van der Waals surface area contributed by atoms with Crippen molar-refractivity contribution in [2.45, 2.75) is 0 Å². The summed E-state index contributed by atoms with van der Waals surface area (Å²) in [6.45, 7) is 0. The van der Waals surface area contributed by atoms with E-state index < -0.39 is 0 Å². The molecule has 0 bridgehead atoms. The molecule has 8 heteroatoms. The lowest BCUT2D eigenvalue weighted by atomic mass is 10.3. The maximum Gasteiger partial charge on any atom is 0.292 e. The summed E-state index contributed by atoms with van der Waals surface area (Å²) in [5.41, 5.74) is 1.54. The molecule has 6 nitrogen and oxygen atoms in total. The lowest BCUT2D eigenvalue weighted by Crippen LogP contribution is -2.24. The summed E-state index contributed by atoms with van der Waals surface area (Å²) in [6.07, 6.45) is 5.02. The topological polar surface area (TPSA) is 72.2 Å². The predicted molar refractivity (Wildman–Crippen MR) is 97.8 cm³/mol. The summed E-state index contributed by atoms with van der Waals surface area (Å²) in [5, 5.41) is 7.40. The third-order valence-electron chi connectivity index (χ3n) is 3.33. The van der Waals surface area contributed by atoms with E-state index in [4.69, 9.17) is 0 Å². The van der Waals surface area contributed by atoms with E-state index in [0.717, 1.165) is 15.7 Å². The van der Waals surface area contributed by atoms with Gasteiger partial charge in [-0.25, -0.2) is 0 Å². The molecule has 0 saturated heterocycles. The first kappa shape index (κ1) is 15.0. The zero-order valence-electron chi connectivity index (χ0n) is 12.2. The Bertz CT molecular complexity index is 1110. The first-order chi connectivity index (χ1) is 11.7. The molecule has 0 aliphatic carbocycles. The van der Waals surface area contributed by atoms with Crippen molar-refractivity contribution in [3.8, 4) is 11.4 Å². The molecule has 4 rings (SSSR count). The maximum atomic E-state index is 12.4. The van der Waals surface area contributed by atoms with Gasteiger partial charge in [-0.05, 0) is 36.4 Å².